The standard InChI is InChI=1S/C8H8N4O4S/c1-17(15,16)11-8-6-4-5(12(13)14)2-3-7(6)9-10-8/h2-4H,1H3,(H2,9,10,11). The summed E-state index contributed by atoms with van der Waals surface area (Å²) in [6.07, 6.45) is 0.977. The zero-order valence-corrected chi connectivity index (χ0v) is 9.48. The average Bonchev–Trinajstić information content (AvgIpc) is 2.58. The minimum atomic E-state index is -3.47. The number of nitrogens with one attached hydrogen (secondary N) is 2. The molecular weight excluding hydrogens is 248 g/mol. The molecule has 0 saturated carbocycles. The van der Waals surface area contributed by atoms with Gasteiger partial charge in [0.25, 0.3) is 5.69 Å². The van der Waals surface area contributed by atoms with Gasteiger partial charge in [0.15, 0.2) is 5.82 Å². The van der Waals surface area contributed by atoms with Crippen molar-refractivity contribution in [1.29, 1.82) is 0 Å². The molecule has 0 atom stereocenters. The Kier molecular flexibility index (Phi) is 2.46. The molecule has 0 radical (unpaired) electrons. The third-order valence-corrected chi connectivity index (χ3v) is 2.60. The normalized spacial score (nSPS) is 11.6. The second-order valence-corrected chi connectivity index (χ2v) is 5.18. The number of nitrogens with zero attached hydrogens (tertiary/aromatic N) is 2. The van der Waals surface area contributed by atoms with Crippen molar-refractivity contribution < 1.29 is 13.3 Å². The van der Waals surface area contributed by atoms with Gasteiger partial charge in [0, 0.05) is 12.1 Å². The molecule has 2 N–H and O–H groups in total. The predicted octanol–water partition coefficient (Wildman–Crippen LogP) is 0.843. The Morgan fingerprint density at radius 3 is 2.76 bits per heavy atom. The van der Waals surface area contributed by atoms with Gasteiger partial charge in [0.1, 0.15) is 0 Å². The van der Waals surface area contributed by atoms with Crippen molar-refractivity contribution in [3.63, 3.8) is 0 Å². The fraction of sp³-hybridized carbons (Fsp3) is 0.125. The molecule has 1 heterocycles. The van der Waals surface area contributed by atoms with Crippen LogP contribution in [0.2, 0.25) is 0 Å². The van der Waals surface area contributed by atoms with Crippen molar-refractivity contribution in [2.24, 2.45) is 0 Å². The van der Waals surface area contributed by atoms with Gasteiger partial charge < -0.3 is 0 Å². The van der Waals surface area contributed by atoms with Crippen molar-refractivity contribution >= 4 is 32.4 Å². The highest BCUT2D eigenvalue weighted by Crippen LogP contribution is 2.25. The SMILES string of the molecule is CS(=O)(=O)Nc1n[nH]c2ccc([N+](=O)[O-])cc12. The Bertz CT molecular complexity index is 691. The van der Waals surface area contributed by atoms with Crippen LogP contribution in [0.3, 0.4) is 0 Å². The van der Waals surface area contributed by atoms with Gasteiger partial charge in [-0.15, -0.1) is 0 Å². The first-order valence-corrected chi connectivity index (χ1v) is 6.36. The van der Waals surface area contributed by atoms with Gasteiger partial charge in [-0.25, -0.2) is 8.42 Å². The van der Waals surface area contributed by atoms with E-state index in [1.165, 1.54) is 18.2 Å². The summed E-state index contributed by atoms with van der Waals surface area (Å²) < 4.78 is 24.3. The van der Waals surface area contributed by atoms with E-state index in [4.69, 9.17) is 0 Å². The van der Waals surface area contributed by atoms with Crippen LogP contribution in [-0.4, -0.2) is 29.8 Å². The van der Waals surface area contributed by atoms with Gasteiger partial charge in [-0.05, 0) is 6.07 Å². The van der Waals surface area contributed by atoms with Crippen LogP contribution in [0, 0.1) is 10.1 Å². The van der Waals surface area contributed by atoms with Gasteiger partial charge in [0.2, 0.25) is 10.0 Å². The summed E-state index contributed by atoms with van der Waals surface area (Å²) in [5.74, 6) is 0.0474. The zero-order chi connectivity index (χ0) is 12.6. The third-order valence-electron chi connectivity index (χ3n) is 2.04. The Labute approximate surface area is 95.8 Å². The third kappa shape index (κ3) is 2.33. The number of anilines is 1. The summed E-state index contributed by atoms with van der Waals surface area (Å²) in [6.45, 7) is 0. The first kappa shape index (κ1) is 11.3. The van der Waals surface area contributed by atoms with Crippen molar-refractivity contribution in [1.82, 2.24) is 10.2 Å². The van der Waals surface area contributed by atoms with Gasteiger partial charge in [-0.2, -0.15) is 5.10 Å². The fourth-order valence-corrected chi connectivity index (χ4v) is 1.88. The molecule has 0 aliphatic heterocycles. The Morgan fingerprint density at radius 2 is 2.18 bits per heavy atom. The first-order chi connectivity index (χ1) is 7.87. The van der Waals surface area contributed by atoms with E-state index in [-0.39, 0.29) is 11.5 Å². The molecule has 17 heavy (non-hydrogen) atoms. The minimum absolute atomic E-state index is 0.0474. The van der Waals surface area contributed by atoms with Crippen LogP contribution in [0.4, 0.5) is 11.5 Å². The second kappa shape index (κ2) is 3.70. The number of nitro benzene ring substituents is 1. The molecule has 0 aliphatic carbocycles. The van der Waals surface area contributed by atoms with E-state index in [9.17, 15) is 18.5 Å². The van der Waals surface area contributed by atoms with Gasteiger partial charge in [-0.3, -0.25) is 19.9 Å². The second-order valence-electron chi connectivity index (χ2n) is 3.43. The molecule has 1 aromatic heterocycles. The van der Waals surface area contributed by atoms with Gasteiger partial charge >= 0.3 is 0 Å². The highest BCUT2D eigenvalue weighted by Gasteiger charge is 2.13. The number of rotatable bonds is 3. The molecule has 0 spiro atoms. The Balaban J connectivity index is 2.58. The molecule has 0 amide bonds. The number of sulfonamides is 1. The van der Waals surface area contributed by atoms with Gasteiger partial charge in [-0.1, -0.05) is 0 Å². The Morgan fingerprint density at radius 1 is 1.47 bits per heavy atom. The lowest BCUT2D eigenvalue weighted by molar-refractivity contribution is -0.384. The number of fused-ring (bicyclic) bond motifs is 1. The molecule has 0 unspecified atom stereocenters. The smallest absolute Gasteiger partial charge is 0.270 e. The molecule has 90 valence electrons. The summed E-state index contributed by atoms with van der Waals surface area (Å²) in [5.41, 5.74) is 0.386. The summed E-state index contributed by atoms with van der Waals surface area (Å²) in [6, 6.07) is 4.03. The van der Waals surface area contributed by atoms with E-state index >= 15 is 0 Å². The van der Waals surface area contributed by atoms with E-state index in [0.717, 1.165) is 6.26 Å². The van der Waals surface area contributed by atoms with Crippen molar-refractivity contribution in [2.45, 2.75) is 0 Å². The van der Waals surface area contributed by atoms with E-state index in [1.54, 1.807) is 0 Å². The number of aromatic amines is 1. The molecule has 2 aromatic rings. The topological polar surface area (TPSA) is 118 Å². The minimum Gasteiger partial charge on any atom is -0.276 e. The van der Waals surface area contributed by atoms with E-state index < -0.39 is 14.9 Å². The number of benzene rings is 1. The number of hydrogen-bond donors (Lipinski definition) is 2. The molecule has 1 aromatic carbocycles. The van der Waals surface area contributed by atoms with E-state index in [2.05, 4.69) is 14.9 Å². The van der Waals surface area contributed by atoms with Crippen molar-refractivity contribution in [2.75, 3.05) is 11.0 Å². The maximum Gasteiger partial charge on any atom is 0.270 e. The highest BCUT2D eigenvalue weighted by molar-refractivity contribution is 7.92. The Hall–Kier alpha value is -2.16. The number of aromatic nitrogens is 2. The largest absolute Gasteiger partial charge is 0.276 e. The molecule has 0 bridgehead atoms. The van der Waals surface area contributed by atoms with Crippen LogP contribution < -0.4 is 4.72 Å². The van der Waals surface area contributed by atoms with Crippen LogP contribution in [0.1, 0.15) is 0 Å². The molecule has 0 fully saturated rings. The molecule has 0 saturated heterocycles. The lowest BCUT2D eigenvalue weighted by Crippen LogP contribution is -2.10. The van der Waals surface area contributed by atoms with Gasteiger partial charge in [0.05, 0.1) is 22.1 Å². The van der Waals surface area contributed by atoms with Crippen LogP contribution >= 0.6 is 0 Å². The molecular formula is C8H8N4O4S. The number of nitro groups is 1. The highest BCUT2D eigenvalue weighted by atomic mass is 32.2. The lowest BCUT2D eigenvalue weighted by atomic mass is 10.2. The monoisotopic (exact) mass is 256 g/mol. The molecule has 8 nitrogen and oxygen atoms in total. The quantitative estimate of drug-likeness (QED) is 0.623. The number of H-pyrrole nitrogens is 1. The van der Waals surface area contributed by atoms with Crippen LogP contribution in [0.25, 0.3) is 10.9 Å². The van der Waals surface area contributed by atoms with E-state index in [1.807, 2.05) is 0 Å². The van der Waals surface area contributed by atoms with Crippen molar-refractivity contribution in [3.05, 3.63) is 28.3 Å². The first-order valence-electron chi connectivity index (χ1n) is 4.47. The van der Waals surface area contributed by atoms with Crippen LogP contribution in [-0.2, 0) is 10.0 Å². The number of hydrogen-bond acceptors (Lipinski definition) is 5. The molecule has 9 heteroatoms. The van der Waals surface area contributed by atoms with Crippen LogP contribution in [0.5, 0.6) is 0 Å². The van der Waals surface area contributed by atoms with E-state index in [0.29, 0.717) is 10.9 Å². The summed E-state index contributed by atoms with van der Waals surface area (Å²) in [7, 11) is -3.47. The summed E-state index contributed by atoms with van der Waals surface area (Å²) in [4.78, 5) is 10.0. The summed E-state index contributed by atoms with van der Waals surface area (Å²) in [5, 5.41) is 17.3. The van der Waals surface area contributed by atoms with Crippen molar-refractivity contribution in [3.8, 4) is 0 Å². The summed E-state index contributed by atoms with van der Waals surface area (Å²) >= 11 is 0. The number of non-ortho nitro benzene ring substituents is 1. The lowest BCUT2D eigenvalue weighted by Gasteiger charge is -1.99. The maximum atomic E-state index is 11.1. The molecule has 0 aliphatic rings. The average molecular weight is 256 g/mol. The predicted molar refractivity (Wildman–Crippen MR) is 61.2 cm³/mol. The van der Waals surface area contributed by atoms with Crippen LogP contribution in [0.15, 0.2) is 18.2 Å². The fourth-order valence-electron chi connectivity index (χ4n) is 1.37. The zero-order valence-electron chi connectivity index (χ0n) is 8.67. The molecule has 2 rings (SSSR count). The maximum absolute atomic E-state index is 11.1.